The molecule has 0 spiro atoms. The van der Waals surface area contributed by atoms with Gasteiger partial charge in [0.1, 0.15) is 0 Å². The molecule has 0 saturated heterocycles. The molecule has 0 aromatic carbocycles. The first-order valence-corrected chi connectivity index (χ1v) is 1.51. The second-order valence-electron chi connectivity index (χ2n) is 0.727. The molecule has 42 valence electrons. The van der Waals surface area contributed by atoms with Gasteiger partial charge in [0, 0.05) is 6.08 Å². The zero-order chi connectivity index (χ0) is 4.99. The molecule has 3 heteroatoms. The summed E-state index contributed by atoms with van der Waals surface area (Å²) >= 11 is 0. The van der Waals surface area contributed by atoms with Crippen molar-refractivity contribution in [1.29, 1.82) is 0 Å². The van der Waals surface area contributed by atoms with Gasteiger partial charge in [0.15, 0.2) is 0 Å². The Labute approximate surface area is 59.6 Å². The summed E-state index contributed by atoms with van der Waals surface area (Å²) in [4.78, 5) is 9.84. The van der Waals surface area contributed by atoms with Gasteiger partial charge in [-0.15, -0.1) is 24.0 Å². The number of halogens is 1. The molecule has 2 nitrogen and oxygen atoms in total. The van der Waals surface area contributed by atoms with E-state index in [1.54, 1.807) is 0 Å². The summed E-state index contributed by atoms with van der Waals surface area (Å²) in [5, 5.41) is 0. The van der Waals surface area contributed by atoms with Crippen molar-refractivity contribution in [3.8, 4) is 0 Å². The summed E-state index contributed by atoms with van der Waals surface area (Å²) in [5.41, 5.74) is 0. The Morgan fingerprint density at radius 2 is 2.29 bits per heavy atom. The standard InChI is InChI=1S/C4H6O2.HI/c1-3-4(5)6-2;/h3H,1H2,2H3;1H. The number of carbonyl (C=O) groups is 1. The van der Waals surface area contributed by atoms with Crippen LogP contribution in [0.2, 0.25) is 0 Å². The highest BCUT2D eigenvalue weighted by molar-refractivity contribution is 14.0. The number of hydrogen-bond acceptors (Lipinski definition) is 2. The molecule has 0 radical (unpaired) electrons. The third kappa shape index (κ3) is 5.94. The molecular weight excluding hydrogens is 207 g/mol. The van der Waals surface area contributed by atoms with Crippen LogP contribution in [0.5, 0.6) is 0 Å². The minimum atomic E-state index is -0.394. The van der Waals surface area contributed by atoms with Crippen molar-refractivity contribution in [3.05, 3.63) is 12.7 Å². The van der Waals surface area contributed by atoms with Crippen molar-refractivity contribution in [3.63, 3.8) is 0 Å². The molecule has 0 heterocycles. The Morgan fingerprint density at radius 1 is 1.86 bits per heavy atom. The Balaban J connectivity index is 0. The van der Waals surface area contributed by atoms with E-state index in [0.717, 1.165) is 6.08 Å². The van der Waals surface area contributed by atoms with E-state index in [1.807, 2.05) is 0 Å². The zero-order valence-electron chi connectivity index (χ0n) is 4.01. The van der Waals surface area contributed by atoms with E-state index >= 15 is 0 Å². The molecule has 0 aliphatic rings. The molecule has 0 aromatic rings. The normalized spacial score (nSPS) is 5.86. The molecule has 0 rings (SSSR count). The lowest BCUT2D eigenvalue weighted by Crippen LogP contribution is -1.91. The lowest BCUT2D eigenvalue weighted by Gasteiger charge is -1.83. The van der Waals surface area contributed by atoms with Crippen molar-refractivity contribution >= 4 is 29.9 Å². The Bertz CT molecular complexity index is 70.1. The average Bonchev–Trinajstić information content (AvgIpc) is 1.65. The summed E-state index contributed by atoms with van der Waals surface area (Å²) in [6.45, 7) is 3.16. The monoisotopic (exact) mass is 214 g/mol. The number of ether oxygens (including phenoxy) is 1. The smallest absolute Gasteiger partial charge is 0.329 e. The molecule has 0 N–H and O–H groups in total. The molecule has 0 atom stereocenters. The van der Waals surface area contributed by atoms with Crippen LogP contribution in [0.25, 0.3) is 0 Å². The molecule has 0 unspecified atom stereocenters. The summed E-state index contributed by atoms with van der Waals surface area (Å²) in [6.07, 6.45) is 1.11. The molecule has 0 saturated carbocycles. The minimum Gasteiger partial charge on any atom is -0.466 e. The van der Waals surface area contributed by atoms with Gasteiger partial charge in [-0.05, 0) is 0 Å². The second kappa shape index (κ2) is 5.94. The van der Waals surface area contributed by atoms with Crippen molar-refractivity contribution in [2.24, 2.45) is 0 Å². The van der Waals surface area contributed by atoms with Gasteiger partial charge in [0.05, 0.1) is 7.11 Å². The molecule has 0 aliphatic carbocycles. The maximum atomic E-state index is 9.84. The second-order valence-corrected chi connectivity index (χ2v) is 0.727. The fourth-order valence-corrected chi connectivity index (χ4v) is 0.0833. The van der Waals surface area contributed by atoms with Crippen LogP contribution in [-0.2, 0) is 9.53 Å². The maximum Gasteiger partial charge on any atom is 0.329 e. The first-order chi connectivity index (χ1) is 2.81. The van der Waals surface area contributed by atoms with Crippen LogP contribution in [0.3, 0.4) is 0 Å². The summed E-state index contributed by atoms with van der Waals surface area (Å²) in [7, 11) is 1.31. The van der Waals surface area contributed by atoms with Crippen LogP contribution in [0.4, 0.5) is 0 Å². The van der Waals surface area contributed by atoms with Crippen LogP contribution in [0, 0.1) is 0 Å². The van der Waals surface area contributed by atoms with Gasteiger partial charge in [-0.1, -0.05) is 6.58 Å². The fourth-order valence-electron chi connectivity index (χ4n) is 0.0833. The Morgan fingerprint density at radius 3 is 2.29 bits per heavy atom. The first kappa shape index (κ1) is 10.0. The summed E-state index contributed by atoms with van der Waals surface area (Å²) in [5.74, 6) is -0.394. The molecule has 0 amide bonds. The predicted octanol–water partition coefficient (Wildman–Crippen LogP) is 0.963. The van der Waals surface area contributed by atoms with Crippen molar-refractivity contribution in [2.45, 2.75) is 0 Å². The van der Waals surface area contributed by atoms with Crippen LogP contribution < -0.4 is 0 Å². The lowest BCUT2D eigenvalue weighted by atomic mass is 10.7. The zero-order valence-corrected chi connectivity index (χ0v) is 6.34. The van der Waals surface area contributed by atoms with Crippen LogP contribution in [0.15, 0.2) is 12.7 Å². The highest BCUT2D eigenvalue weighted by Crippen LogP contribution is 1.67. The molecule has 0 aromatic heterocycles. The van der Waals surface area contributed by atoms with E-state index in [4.69, 9.17) is 0 Å². The highest BCUT2D eigenvalue weighted by atomic mass is 127. The van der Waals surface area contributed by atoms with Gasteiger partial charge in [-0.25, -0.2) is 4.79 Å². The van der Waals surface area contributed by atoms with Gasteiger partial charge in [0.25, 0.3) is 0 Å². The van der Waals surface area contributed by atoms with Gasteiger partial charge >= 0.3 is 5.97 Å². The third-order valence-corrected chi connectivity index (χ3v) is 0.368. The Hall–Kier alpha value is -0.0600. The largest absolute Gasteiger partial charge is 0.466 e. The van der Waals surface area contributed by atoms with E-state index in [0.29, 0.717) is 0 Å². The van der Waals surface area contributed by atoms with E-state index in [-0.39, 0.29) is 24.0 Å². The van der Waals surface area contributed by atoms with Crippen LogP contribution >= 0.6 is 24.0 Å². The average molecular weight is 214 g/mol. The molecule has 7 heavy (non-hydrogen) atoms. The number of esters is 1. The molecular formula is C4H7IO2. The third-order valence-electron chi connectivity index (χ3n) is 0.368. The van der Waals surface area contributed by atoms with Crippen molar-refractivity contribution in [1.82, 2.24) is 0 Å². The maximum absolute atomic E-state index is 9.84. The van der Waals surface area contributed by atoms with E-state index in [1.165, 1.54) is 7.11 Å². The Kier molecular flexibility index (Phi) is 8.51. The fraction of sp³-hybridized carbons (Fsp3) is 0.250. The van der Waals surface area contributed by atoms with Crippen molar-refractivity contribution in [2.75, 3.05) is 7.11 Å². The van der Waals surface area contributed by atoms with Crippen molar-refractivity contribution < 1.29 is 9.53 Å². The van der Waals surface area contributed by atoms with Gasteiger partial charge in [-0.3, -0.25) is 0 Å². The lowest BCUT2D eigenvalue weighted by molar-refractivity contribution is -0.134. The van der Waals surface area contributed by atoms with E-state index < -0.39 is 5.97 Å². The summed E-state index contributed by atoms with van der Waals surface area (Å²) < 4.78 is 4.14. The first-order valence-electron chi connectivity index (χ1n) is 1.51. The molecule has 0 bridgehead atoms. The minimum absolute atomic E-state index is 0. The highest BCUT2D eigenvalue weighted by Gasteiger charge is 1.81. The van der Waals surface area contributed by atoms with Crippen LogP contribution in [0.1, 0.15) is 0 Å². The number of rotatable bonds is 1. The summed E-state index contributed by atoms with van der Waals surface area (Å²) in [6, 6.07) is 0. The topological polar surface area (TPSA) is 26.3 Å². The molecule has 0 aliphatic heterocycles. The van der Waals surface area contributed by atoms with Gasteiger partial charge in [-0.2, -0.15) is 0 Å². The van der Waals surface area contributed by atoms with Gasteiger partial charge in [0.2, 0.25) is 0 Å². The van der Waals surface area contributed by atoms with E-state index in [2.05, 4.69) is 11.3 Å². The SMILES string of the molecule is C=CC(=O)OC.I. The number of methoxy groups -OCH3 is 1. The quantitative estimate of drug-likeness (QED) is 0.369. The van der Waals surface area contributed by atoms with E-state index in [9.17, 15) is 4.79 Å². The van der Waals surface area contributed by atoms with Crippen LogP contribution in [-0.4, -0.2) is 13.1 Å². The van der Waals surface area contributed by atoms with Gasteiger partial charge < -0.3 is 4.74 Å². The number of carbonyl (C=O) groups excluding carboxylic acids is 1. The molecule has 0 fully saturated rings. The number of hydrogen-bond donors (Lipinski definition) is 0. The predicted molar refractivity (Wildman–Crippen MR) is 37.6 cm³/mol.